The summed E-state index contributed by atoms with van der Waals surface area (Å²) in [7, 11) is 0. The van der Waals surface area contributed by atoms with Gasteiger partial charge in [-0.3, -0.25) is 9.59 Å². The van der Waals surface area contributed by atoms with E-state index in [4.69, 9.17) is 9.47 Å². The molecule has 0 bridgehead atoms. The third kappa shape index (κ3) is 11.1. The van der Waals surface area contributed by atoms with Crippen molar-refractivity contribution in [1.82, 2.24) is 0 Å². The van der Waals surface area contributed by atoms with Crippen LogP contribution in [0.1, 0.15) is 84.0 Å². The number of unbranched alkanes of at least 4 members (excludes halogenated alkanes) is 8. The number of esters is 2. The molecular weight excluding hydrogens is 400 g/mol. The number of rotatable bonds is 16. The highest BCUT2D eigenvalue weighted by molar-refractivity contribution is 5.73. The van der Waals surface area contributed by atoms with Gasteiger partial charge in [-0.15, -0.1) is 0 Å². The Bertz CT molecular complexity index is 768. The predicted molar refractivity (Wildman–Crippen MR) is 130 cm³/mol. The molecule has 0 N–H and O–H groups in total. The normalized spacial score (nSPS) is 10.7. The molecule has 0 unspecified atom stereocenters. The highest BCUT2D eigenvalue weighted by Gasteiger charge is 2.08. The molecule has 0 amide bonds. The second-order valence-corrected chi connectivity index (χ2v) is 8.27. The molecule has 2 aromatic rings. The molecule has 0 aromatic heterocycles. The van der Waals surface area contributed by atoms with E-state index < -0.39 is 0 Å². The van der Waals surface area contributed by atoms with Crippen molar-refractivity contribution in [2.75, 3.05) is 6.61 Å². The molecule has 2 aromatic carbocycles. The first-order valence-electron chi connectivity index (χ1n) is 12.2. The molecule has 0 saturated heterocycles. The number of carbonyl (C=O) groups is 2. The molecule has 0 aliphatic carbocycles. The van der Waals surface area contributed by atoms with E-state index in [9.17, 15) is 9.59 Å². The lowest BCUT2D eigenvalue weighted by Gasteiger charge is -2.07. The van der Waals surface area contributed by atoms with Gasteiger partial charge in [0.15, 0.2) is 0 Å². The van der Waals surface area contributed by atoms with Crippen molar-refractivity contribution in [3.8, 4) is 16.9 Å². The van der Waals surface area contributed by atoms with Crippen LogP contribution in [0.2, 0.25) is 0 Å². The average Bonchev–Trinajstić information content (AvgIpc) is 2.82. The Morgan fingerprint density at radius 1 is 0.625 bits per heavy atom. The van der Waals surface area contributed by atoms with Crippen LogP contribution in [0, 0.1) is 0 Å². The minimum absolute atomic E-state index is 0.169. The number of benzene rings is 2. The Morgan fingerprint density at radius 2 is 1.19 bits per heavy atom. The average molecular weight is 439 g/mol. The first-order chi connectivity index (χ1) is 15.7. The first kappa shape index (κ1) is 25.6. The molecule has 4 nitrogen and oxygen atoms in total. The van der Waals surface area contributed by atoms with Gasteiger partial charge in [0.05, 0.1) is 6.61 Å². The molecule has 0 fully saturated rings. The number of ether oxygens (including phenoxy) is 2. The van der Waals surface area contributed by atoms with Gasteiger partial charge in [0.2, 0.25) is 0 Å². The molecule has 0 aliphatic heterocycles. The summed E-state index contributed by atoms with van der Waals surface area (Å²) in [5.41, 5.74) is 2.20. The molecule has 0 spiro atoms. The van der Waals surface area contributed by atoms with Crippen LogP contribution in [0.4, 0.5) is 0 Å². The minimum Gasteiger partial charge on any atom is -0.466 e. The maximum atomic E-state index is 12.0. The zero-order valence-corrected chi connectivity index (χ0v) is 19.5. The van der Waals surface area contributed by atoms with Crippen LogP contribution in [-0.4, -0.2) is 18.5 Å². The summed E-state index contributed by atoms with van der Waals surface area (Å²) in [4.78, 5) is 23.8. The molecule has 0 saturated carbocycles. The van der Waals surface area contributed by atoms with E-state index >= 15 is 0 Å². The molecule has 0 heterocycles. The lowest BCUT2D eigenvalue weighted by atomic mass is 10.1. The lowest BCUT2D eigenvalue weighted by molar-refractivity contribution is -0.144. The summed E-state index contributed by atoms with van der Waals surface area (Å²) in [6, 6.07) is 17.6. The third-order valence-electron chi connectivity index (χ3n) is 5.47. The molecule has 0 aliphatic rings. The second-order valence-electron chi connectivity index (χ2n) is 8.27. The Morgan fingerprint density at radius 3 is 1.84 bits per heavy atom. The van der Waals surface area contributed by atoms with E-state index in [1.807, 2.05) is 54.6 Å². The zero-order valence-electron chi connectivity index (χ0n) is 19.5. The van der Waals surface area contributed by atoms with Gasteiger partial charge in [-0.1, -0.05) is 94.3 Å². The van der Waals surface area contributed by atoms with Gasteiger partial charge in [0, 0.05) is 12.8 Å². The van der Waals surface area contributed by atoms with Crippen LogP contribution in [0.3, 0.4) is 0 Å². The standard InChI is InChI=1S/C28H38O4/c1-2-3-4-5-6-7-8-14-23-31-27(29)17-12-13-18-28(30)32-26-21-19-25(20-22-26)24-15-10-9-11-16-24/h9-11,15-16,19-22H,2-8,12-14,17-18,23H2,1H3. The monoisotopic (exact) mass is 438 g/mol. The Labute approximate surface area is 193 Å². The fourth-order valence-corrected chi connectivity index (χ4v) is 3.56. The predicted octanol–water partition coefficient (Wildman–Crippen LogP) is 7.50. The van der Waals surface area contributed by atoms with Crippen LogP contribution in [-0.2, 0) is 14.3 Å². The van der Waals surface area contributed by atoms with E-state index in [1.54, 1.807) is 0 Å². The van der Waals surface area contributed by atoms with Crippen molar-refractivity contribution in [2.45, 2.75) is 84.0 Å². The van der Waals surface area contributed by atoms with Crippen LogP contribution >= 0.6 is 0 Å². The molecule has 4 heteroatoms. The van der Waals surface area contributed by atoms with E-state index in [0.717, 1.165) is 24.0 Å². The maximum Gasteiger partial charge on any atom is 0.311 e. The van der Waals surface area contributed by atoms with Crippen LogP contribution in [0.5, 0.6) is 5.75 Å². The summed E-state index contributed by atoms with van der Waals surface area (Å²) < 4.78 is 10.7. The van der Waals surface area contributed by atoms with Crippen molar-refractivity contribution < 1.29 is 19.1 Å². The molecule has 0 atom stereocenters. The quantitative estimate of drug-likeness (QED) is 0.155. The van der Waals surface area contributed by atoms with E-state index in [2.05, 4.69) is 6.92 Å². The summed E-state index contributed by atoms with van der Waals surface area (Å²) in [5.74, 6) is 0.0991. The lowest BCUT2D eigenvalue weighted by Crippen LogP contribution is -2.09. The van der Waals surface area contributed by atoms with Crippen molar-refractivity contribution in [3.63, 3.8) is 0 Å². The van der Waals surface area contributed by atoms with Gasteiger partial charge in [-0.2, -0.15) is 0 Å². The van der Waals surface area contributed by atoms with Crippen molar-refractivity contribution in [3.05, 3.63) is 54.6 Å². The molecule has 174 valence electrons. The van der Waals surface area contributed by atoms with Crippen molar-refractivity contribution >= 4 is 11.9 Å². The van der Waals surface area contributed by atoms with E-state index in [-0.39, 0.29) is 11.9 Å². The van der Waals surface area contributed by atoms with Gasteiger partial charge in [0.25, 0.3) is 0 Å². The highest BCUT2D eigenvalue weighted by atomic mass is 16.5. The molecule has 2 rings (SSSR count). The highest BCUT2D eigenvalue weighted by Crippen LogP contribution is 2.22. The van der Waals surface area contributed by atoms with Gasteiger partial charge >= 0.3 is 11.9 Å². The third-order valence-corrected chi connectivity index (χ3v) is 5.47. The zero-order chi connectivity index (χ0) is 22.9. The van der Waals surface area contributed by atoms with Gasteiger partial charge in [-0.05, 0) is 42.5 Å². The minimum atomic E-state index is -0.273. The van der Waals surface area contributed by atoms with Crippen molar-refractivity contribution in [1.29, 1.82) is 0 Å². The fourth-order valence-electron chi connectivity index (χ4n) is 3.56. The van der Waals surface area contributed by atoms with Crippen molar-refractivity contribution in [2.24, 2.45) is 0 Å². The summed E-state index contributed by atoms with van der Waals surface area (Å²) in [5, 5.41) is 0. The van der Waals surface area contributed by atoms with Gasteiger partial charge in [-0.25, -0.2) is 0 Å². The summed E-state index contributed by atoms with van der Waals surface area (Å²) in [6.45, 7) is 2.74. The Hall–Kier alpha value is -2.62. The molecular formula is C28H38O4. The molecule has 32 heavy (non-hydrogen) atoms. The first-order valence-corrected chi connectivity index (χ1v) is 12.2. The molecule has 0 radical (unpaired) electrons. The van der Waals surface area contributed by atoms with Gasteiger partial charge < -0.3 is 9.47 Å². The number of carbonyl (C=O) groups excluding carboxylic acids is 2. The number of hydrogen-bond acceptors (Lipinski definition) is 4. The summed E-state index contributed by atoms with van der Waals surface area (Å²) >= 11 is 0. The van der Waals surface area contributed by atoms with Crippen LogP contribution in [0.15, 0.2) is 54.6 Å². The largest absolute Gasteiger partial charge is 0.466 e. The SMILES string of the molecule is CCCCCCCCCCOC(=O)CCCCC(=O)Oc1ccc(-c2ccccc2)cc1. The van der Waals surface area contributed by atoms with Crippen LogP contribution in [0.25, 0.3) is 11.1 Å². The second kappa shape index (κ2) is 16.1. The van der Waals surface area contributed by atoms with E-state index in [0.29, 0.717) is 38.0 Å². The smallest absolute Gasteiger partial charge is 0.311 e. The number of hydrogen-bond donors (Lipinski definition) is 0. The van der Waals surface area contributed by atoms with Gasteiger partial charge in [0.1, 0.15) is 5.75 Å². The van der Waals surface area contributed by atoms with E-state index in [1.165, 1.54) is 38.5 Å². The Balaban J connectivity index is 1.49. The summed E-state index contributed by atoms with van der Waals surface area (Å²) in [6.07, 6.45) is 11.7. The topological polar surface area (TPSA) is 52.6 Å². The maximum absolute atomic E-state index is 12.0. The fraction of sp³-hybridized carbons (Fsp3) is 0.500. The van der Waals surface area contributed by atoms with Crippen LogP contribution < -0.4 is 4.74 Å². The Kier molecular flexibility index (Phi) is 12.9.